The van der Waals surface area contributed by atoms with E-state index in [0.717, 1.165) is 16.7 Å². The third-order valence-corrected chi connectivity index (χ3v) is 4.12. The maximum Gasteiger partial charge on any atom is 0.174 e. The number of hydrogen-bond acceptors (Lipinski definition) is 1. The molecular weight excluding hydrogens is 283 g/mol. The number of halogens is 2. The Morgan fingerprint density at radius 2 is 1.76 bits per heavy atom. The zero-order valence-corrected chi connectivity index (χ0v) is 10.6. The fourth-order valence-corrected chi connectivity index (χ4v) is 2.88. The monoisotopic (exact) mass is 292 g/mol. The lowest BCUT2D eigenvalue weighted by molar-refractivity contribution is 0.0718. The van der Waals surface area contributed by atoms with Gasteiger partial charge in [-0.15, -0.1) is 0 Å². The van der Waals surface area contributed by atoms with Crippen molar-refractivity contribution in [3.63, 3.8) is 0 Å². The number of alkyl halides is 1. The third-order valence-electron chi connectivity index (χ3n) is 3.01. The minimum Gasteiger partial charge on any atom is -0.350 e. The van der Waals surface area contributed by atoms with Gasteiger partial charge in [0.25, 0.3) is 0 Å². The van der Waals surface area contributed by atoms with Gasteiger partial charge in [0.05, 0.1) is 6.61 Å². The highest BCUT2D eigenvalue weighted by Crippen LogP contribution is 2.46. The molecule has 0 saturated carbocycles. The minimum atomic E-state index is -0.642. The normalized spacial score (nSPS) is 22.5. The zero-order chi connectivity index (χ0) is 11.9. The lowest BCUT2D eigenvalue weighted by Gasteiger charge is -2.23. The maximum atomic E-state index is 12.9. The van der Waals surface area contributed by atoms with Crippen molar-refractivity contribution in [2.45, 2.75) is 11.1 Å². The van der Waals surface area contributed by atoms with Crippen LogP contribution >= 0.6 is 15.9 Å². The number of benzene rings is 2. The second kappa shape index (κ2) is 3.93. The van der Waals surface area contributed by atoms with Gasteiger partial charge >= 0.3 is 0 Å². The van der Waals surface area contributed by atoms with E-state index in [1.807, 2.05) is 24.3 Å². The molecule has 2 aromatic carbocycles. The van der Waals surface area contributed by atoms with Crippen LogP contribution in [0.3, 0.4) is 0 Å². The molecule has 3 rings (SSSR count). The Labute approximate surface area is 107 Å². The van der Waals surface area contributed by atoms with Crippen LogP contribution in [0.15, 0.2) is 48.5 Å². The summed E-state index contributed by atoms with van der Waals surface area (Å²) in [6.45, 7) is 0.568. The fourth-order valence-electron chi connectivity index (χ4n) is 2.12. The lowest BCUT2D eigenvalue weighted by Crippen LogP contribution is -2.18. The molecule has 1 atom stereocenters. The van der Waals surface area contributed by atoms with Crippen LogP contribution in [0, 0.1) is 5.82 Å². The van der Waals surface area contributed by atoms with Crippen LogP contribution in [0.25, 0.3) is 0 Å². The van der Waals surface area contributed by atoms with Crippen molar-refractivity contribution in [3.8, 4) is 0 Å². The smallest absolute Gasteiger partial charge is 0.174 e. The largest absolute Gasteiger partial charge is 0.350 e. The van der Waals surface area contributed by atoms with E-state index in [1.165, 1.54) is 12.1 Å². The van der Waals surface area contributed by atoms with E-state index in [2.05, 4.69) is 15.9 Å². The quantitative estimate of drug-likeness (QED) is 0.723. The van der Waals surface area contributed by atoms with Crippen molar-refractivity contribution in [2.75, 3.05) is 0 Å². The van der Waals surface area contributed by atoms with Crippen LogP contribution in [0.5, 0.6) is 0 Å². The van der Waals surface area contributed by atoms with Gasteiger partial charge in [0.15, 0.2) is 4.51 Å². The topological polar surface area (TPSA) is 9.23 Å². The molecule has 86 valence electrons. The van der Waals surface area contributed by atoms with Crippen LogP contribution in [-0.4, -0.2) is 0 Å². The molecule has 0 aromatic heterocycles. The van der Waals surface area contributed by atoms with Gasteiger partial charge in [-0.1, -0.05) is 36.4 Å². The first-order chi connectivity index (χ1) is 8.20. The lowest BCUT2D eigenvalue weighted by atomic mass is 9.99. The van der Waals surface area contributed by atoms with E-state index in [-0.39, 0.29) is 5.82 Å². The second-order valence-corrected chi connectivity index (χ2v) is 5.16. The molecule has 1 aliphatic heterocycles. The standard InChI is InChI=1S/C14H10BrFO/c15-14(11-5-7-12(16)8-6-11)13-4-2-1-3-10(13)9-17-14/h1-8H,9H2. The molecule has 0 spiro atoms. The summed E-state index contributed by atoms with van der Waals surface area (Å²) in [5.74, 6) is -0.240. The van der Waals surface area contributed by atoms with E-state index in [9.17, 15) is 4.39 Å². The van der Waals surface area contributed by atoms with Crippen LogP contribution in [0.2, 0.25) is 0 Å². The average Bonchev–Trinajstić information content (AvgIpc) is 2.70. The molecule has 0 aliphatic carbocycles. The minimum absolute atomic E-state index is 0.240. The van der Waals surface area contributed by atoms with E-state index >= 15 is 0 Å². The Balaban J connectivity index is 2.12. The molecule has 3 heteroatoms. The van der Waals surface area contributed by atoms with Crippen molar-refractivity contribution in [1.82, 2.24) is 0 Å². The van der Waals surface area contributed by atoms with Gasteiger partial charge in [0, 0.05) is 5.56 Å². The Morgan fingerprint density at radius 3 is 2.53 bits per heavy atom. The molecule has 17 heavy (non-hydrogen) atoms. The van der Waals surface area contributed by atoms with Crippen molar-refractivity contribution >= 4 is 15.9 Å². The van der Waals surface area contributed by atoms with E-state index in [0.29, 0.717) is 6.61 Å². The van der Waals surface area contributed by atoms with Gasteiger partial charge in [-0.25, -0.2) is 4.39 Å². The first-order valence-electron chi connectivity index (χ1n) is 5.37. The number of hydrogen-bond donors (Lipinski definition) is 0. The van der Waals surface area contributed by atoms with Gasteiger partial charge in [0.2, 0.25) is 0 Å². The van der Waals surface area contributed by atoms with Gasteiger partial charge in [-0.05, 0) is 39.2 Å². The molecule has 1 nitrogen and oxygen atoms in total. The highest BCUT2D eigenvalue weighted by Gasteiger charge is 2.38. The van der Waals surface area contributed by atoms with Crippen LogP contribution in [-0.2, 0) is 15.9 Å². The first-order valence-corrected chi connectivity index (χ1v) is 6.17. The SMILES string of the molecule is Fc1ccc(C2(Br)OCc3ccccc32)cc1. The molecular formula is C14H10BrFO. The first kappa shape index (κ1) is 10.9. The number of ether oxygens (including phenoxy) is 1. The predicted octanol–water partition coefficient (Wildman–Crippen LogP) is 3.95. The predicted molar refractivity (Wildman–Crippen MR) is 67.3 cm³/mol. The van der Waals surface area contributed by atoms with Gasteiger partial charge < -0.3 is 4.74 Å². The van der Waals surface area contributed by atoms with Crippen molar-refractivity contribution in [1.29, 1.82) is 0 Å². The van der Waals surface area contributed by atoms with Gasteiger partial charge in [-0.3, -0.25) is 0 Å². The summed E-state index contributed by atoms with van der Waals surface area (Å²) in [6.07, 6.45) is 0. The summed E-state index contributed by atoms with van der Waals surface area (Å²) < 4.78 is 18.1. The third kappa shape index (κ3) is 1.70. The number of fused-ring (bicyclic) bond motifs is 1. The molecule has 0 saturated heterocycles. The second-order valence-electron chi connectivity index (χ2n) is 4.05. The summed E-state index contributed by atoms with van der Waals surface area (Å²) in [6, 6.07) is 14.4. The van der Waals surface area contributed by atoms with E-state index < -0.39 is 4.51 Å². The summed E-state index contributed by atoms with van der Waals surface area (Å²) in [5, 5.41) is 0. The molecule has 1 heterocycles. The Hall–Kier alpha value is -1.19. The summed E-state index contributed by atoms with van der Waals surface area (Å²) in [5.41, 5.74) is 3.16. The summed E-state index contributed by atoms with van der Waals surface area (Å²) >= 11 is 3.63. The molecule has 0 amide bonds. The fraction of sp³-hybridized carbons (Fsp3) is 0.143. The van der Waals surface area contributed by atoms with Gasteiger partial charge in [0.1, 0.15) is 5.82 Å². The molecule has 1 unspecified atom stereocenters. The molecule has 1 aliphatic rings. The van der Waals surface area contributed by atoms with E-state index in [1.54, 1.807) is 12.1 Å². The highest BCUT2D eigenvalue weighted by molar-refractivity contribution is 9.09. The number of rotatable bonds is 1. The van der Waals surface area contributed by atoms with Crippen LogP contribution in [0.4, 0.5) is 4.39 Å². The summed E-state index contributed by atoms with van der Waals surface area (Å²) in [4.78, 5) is 0. The highest BCUT2D eigenvalue weighted by atomic mass is 79.9. The van der Waals surface area contributed by atoms with Crippen molar-refractivity contribution in [2.24, 2.45) is 0 Å². The Kier molecular flexibility index (Phi) is 2.53. The molecule has 0 bridgehead atoms. The van der Waals surface area contributed by atoms with E-state index in [4.69, 9.17) is 4.74 Å². The van der Waals surface area contributed by atoms with Crippen LogP contribution in [0.1, 0.15) is 16.7 Å². The van der Waals surface area contributed by atoms with Gasteiger partial charge in [-0.2, -0.15) is 0 Å². The molecule has 0 N–H and O–H groups in total. The van der Waals surface area contributed by atoms with Crippen molar-refractivity contribution < 1.29 is 9.13 Å². The Bertz CT molecular complexity index is 552. The van der Waals surface area contributed by atoms with Crippen molar-refractivity contribution in [3.05, 3.63) is 71.0 Å². The van der Waals surface area contributed by atoms with Crippen LogP contribution < -0.4 is 0 Å². The zero-order valence-electron chi connectivity index (χ0n) is 8.99. The average molecular weight is 293 g/mol. The molecule has 0 radical (unpaired) electrons. The molecule has 2 aromatic rings. The summed E-state index contributed by atoms with van der Waals surface area (Å²) in [7, 11) is 0. The molecule has 0 fully saturated rings. The Morgan fingerprint density at radius 1 is 1.06 bits per heavy atom. The maximum absolute atomic E-state index is 12.9.